The Hall–Kier alpha value is -3.60. The van der Waals surface area contributed by atoms with Gasteiger partial charge in [-0.05, 0) is 63.1 Å². The number of hydrogen-bond donors (Lipinski definition) is 3. The highest BCUT2D eigenvalue weighted by molar-refractivity contribution is 5.88. The minimum Gasteiger partial charge on any atom is -0.496 e. The molecule has 214 valence electrons. The molecular weight excluding hydrogens is 510 g/mol. The van der Waals surface area contributed by atoms with Gasteiger partial charge in [-0.2, -0.15) is 0 Å². The molecule has 10 nitrogen and oxygen atoms in total. The second kappa shape index (κ2) is 11.9. The maximum atomic E-state index is 11.2. The number of methoxy groups -OCH3 is 1. The monoisotopic (exact) mass is 549 g/mol. The molecular formula is C30H39N5O5. The van der Waals surface area contributed by atoms with E-state index in [1.54, 1.807) is 25.4 Å². The van der Waals surface area contributed by atoms with Gasteiger partial charge in [-0.1, -0.05) is 0 Å². The highest BCUT2D eigenvalue weighted by Gasteiger charge is 2.39. The minimum atomic E-state index is -0.900. The average Bonchev–Trinajstić information content (AvgIpc) is 3.48. The number of oxazole rings is 1. The molecule has 2 aliphatic rings. The van der Waals surface area contributed by atoms with Crippen molar-refractivity contribution in [2.45, 2.75) is 44.5 Å². The summed E-state index contributed by atoms with van der Waals surface area (Å²) in [5.41, 5.74) is 2.87. The maximum absolute atomic E-state index is 11.2. The van der Waals surface area contributed by atoms with Crippen LogP contribution in [0.25, 0.3) is 11.3 Å². The van der Waals surface area contributed by atoms with Crippen LogP contribution in [0.15, 0.2) is 59.5 Å². The molecule has 5 rings (SSSR count). The summed E-state index contributed by atoms with van der Waals surface area (Å²) in [6.07, 6.45) is 6.02. The molecule has 0 aliphatic carbocycles. The zero-order chi connectivity index (χ0) is 28.2. The molecule has 2 saturated heterocycles. The molecule has 0 saturated carbocycles. The van der Waals surface area contributed by atoms with Crippen molar-refractivity contribution < 1.29 is 23.8 Å². The molecule has 1 unspecified atom stereocenters. The zero-order valence-corrected chi connectivity index (χ0v) is 23.5. The molecule has 0 bridgehead atoms. The zero-order valence-electron chi connectivity index (χ0n) is 23.5. The highest BCUT2D eigenvalue weighted by atomic mass is 16.5. The van der Waals surface area contributed by atoms with Gasteiger partial charge in [0.2, 0.25) is 0 Å². The normalized spacial score (nSPS) is 20.3. The lowest BCUT2D eigenvalue weighted by molar-refractivity contribution is -0.0982. The van der Waals surface area contributed by atoms with E-state index in [4.69, 9.17) is 19.0 Å². The van der Waals surface area contributed by atoms with Crippen molar-refractivity contribution in [2.24, 2.45) is 0 Å². The van der Waals surface area contributed by atoms with Crippen molar-refractivity contribution in [3.05, 3.63) is 60.6 Å². The number of aromatic carboxylic acids is 1. The summed E-state index contributed by atoms with van der Waals surface area (Å²) in [6.45, 7) is 9.61. The lowest BCUT2D eigenvalue weighted by Crippen LogP contribution is -2.65. The fraction of sp³-hybridized carbons (Fsp3) is 0.467. The van der Waals surface area contributed by atoms with Gasteiger partial charge in [0.25, 0.3) is 0 Å². The molecule has 0 radical (unpaired) electrons. The van der Waals surface area contributed by atoms with Crippen LogP contribution in [0.3, 0.4) is 0 Å². The number of benzene rings is 2. The van der Waals surface area contributed by atoms with E-state index in [1.807, 2.05) is 30.3 Å². The molecule has 10 heteroatoms. The molecule has 2 aromatic carbocycles. The van der Waals surface area contributed by atoms with Gasteiger partial charge in [0.15, 0.2) is 18.0 Å². The number of nitrogens with one attached hydrogen (secondary N) is 2. The molecule has 2 aliphatic heterocycles. The molecule has 0 spiro atoms. The second-order valence-electron chi connectivity index (χ2n) is 11.2. The Morgan fingerprint density at radius 1 is 1.12 bits per heavy atom. The van der Waals surface area contributed by atoms with Gasteiger partial charge in [-0.15, -0.1) is 0 Å². The van der Waals surface area contributed by atoms with Crippen LogP contribution in [0.1, 0.15) is 43.5 Å². The number of ether oxygens (including phenoxy) is 2. The van der Waals surface area contributed by atoms with Crippen molar-refractivity contribution >= 4 is 17.3 Å². The number of carboxylic acid groups (broad SMARTS) is 1. The predicted molar refractivity (Wildman–Crippen MR) is 154 cm³/mol. The average molecular weight is 550 g/mol. The van der Waals surface area contributed by atoms with Crippen LogP contribution in [-0.4, -0.2) is 78.8 Å². The van der Waals surface area contributed by atoms with Crippen molar-refractivity contribution in [3.63, 3.8) is 0 Å². The number of nitrogens with zero attached hydrogens (tertiary/aromatic N) is 3. The number of aromatic nitrogens is 1. The first-order valence-electron chi connectivity index (χ1n) is 13.8. The minimum absolute atomic E-state index is 0.237. The predicted octanol–water partition coefficient (Wildman–Crippen LogP) is 4.51. The van der Waals surface area contributed by atoms with Gasteiger partial charge in [0.1, 0.15) is 5.75 Å². The Kier molecular flexibility index (Phi) is 8.30. The van der Waals surface area contributed by atoms with Crippen LogP contribution >= 0.6 is 0 Å². The number of anilines is 2. The van der Waals surface area contributed by atoms with E-state index >= 15 is 0 Å². The van der Waals surface area contributed by atoms with Crippen LogP contribution in [0.2, 0.25) is 0 Å². The SMILES string of the molecule is COc1cc(NC2(NC(C)(C)CN3CCN(c4ccc(C(=O)O)cc4)CC3)CCCCO2)ccc1-c1cnco1. The summed E-state index contributed by atoms with van der Waals surface area (Å²) >= 11 is 0. The Morgan fingerprint density at radius 3 is 2.52 bits per heavy atom. The van der Waals surface area contributed by atoms with Crippen LogP contribution in [0, 0.1) is 0 Å². The van der Waals surface area contributed by atoms with E-state index in [0.717, 1.165) is 68.9 Å². The fourth-order valence-electron chi connectivity index (χ4n) is 5.70. The molecule has 3 aromatic rings. The van der Waals surface area contributed by atoms with Gasteiger partial charge < -0.3 is 29.2 Å². The summed E-state index contributed by atoms with van der Waals surface area (Å²) < 4.78 is 17.6. The van der Waals surface area contributed by atoms with E-state index in [0.29, 0.717) is 23.7 Å². The third kappa shape index (κ3) is 6.57. The Balaban J connectivity index is 1.23. The first kappa shape index (κ1) is 27.9. The summed E-state index contributed by atoms with van der Waals surface area (Å²) in [4.78, 5) is 20.0. The summed E-state index contributed by atoms with van der Waals surface area (Å²) in [5, 5.41) is 16.6. The number of carbonyl (C=O) groups is 1. The van der Waals surface area contributed by atoms with Crippen molar-refractivity contribution in [1.82, 2.24) is 15.2 Å². The molecule has 40 heavy (non-hydrogen) atoms. The molecule has 1 aromatic heterocycles. The van der Waals surface area contributed by atoms with Crippen molar-refractivity contribution in [2.75, 3.05) is 56.7 Å². The molecule has 0 amide bonds. The van der Waals surface area contributed by atoms with Crippen molar-refractivity contribution in [1.29, 1.82) is 0 Å². The van der Waals surface area contributed by atoms with Crippen molar-refractivity contribution in [3.8, 4) is 17.1 Å². The highest BCUT2D eigenvalue weighted by Crippen LogP contribution is 2.35. The standard InChI is InChI=1S/C30H39N5O5/c1-29(2,20-34-13-15-35(16-14-34)24-9-6-22(7-10-24)28(36)37)33-30(12-4-5-17-40-30)32-23-8-11-25(26(18-23)38-3)27-19-31-21-39-27/h6-11,18-19,21,32-33H,4-5,12-17,20H2,1-3H3,(H,36,37). The van der Waals surface area contributed by atoms with E-state index in [1.165, 1.54) is 6.39 Å². The van der Waals surface area contributed by atoms with Gasteiger partial charge in [0.05, 0.1) is 31.0 Å². The molecule has 3 heterocycles. The van der Waals surface area contributed by atoms with Crippen LogP contribution in [-0.2, 0) is 4.74 Å². The smallest absolute Gasteiger partial charge is 0.335 e. The topological polar surface area (TPSA) is 112 Å². The lowest BCUT2D eigenvalue weighted by Gasteiger charge is -2.47. The Morgan fingerprint density at radius 2 is 1.90 bits per heavy atom. The lowest BCUT2D eigenvalue weighted by atomic mass is 9.99. The van der Waals surface area contributed by atoms with Crippen LogP contribution in [0.4, 0.5) is 11.4 Å². The van der Waals surface area contributed by atoms with E-state index in [-0.39, 0.29) is 5.54 Å². The first-order valence-corrected chi connectivity index (χ1v) is 13.8. The quantitative estimate of drug-likeness (QED) is 0.312. The molecule has 2 fully saturated rings. The van der Waals surface area contributed by atoms with Gasteiger partial charge in [-0.3, -0.25) is 10.2 Å². The third-order valence-corrected chi connectivity index (χ3v) is 7.53. The van der Waals surface area contributed by atoms with Crippen LogP contribution < -0.4 is 20.3 Å². The molecule has 3 N–H and O–H groups in total. The second-order valence-corrected chi connectivity index (χ2v) is 11.2. The summed E-state index contributed by atoms with van der Waals surface area (Å²) in [5.74, 6) is -0.247. The maximum Gasteiger partial charge on any atom is 0.335 e. The van der Waals surface area contributed by atoms with Gasteiger partial charge in [0, 0.05) is 62.1 Å². The van der Waals surface area contributed by atoms with E-state index in [9.17, 15) is 4.79 Å². The Bertz CT molecular complexity index is 1260. The number of piperazine rings is 1. The number of rotatable bonds is 10. The van der Waals surface area contributed by atoms with Gasteiger partial charge >= 0.3 is 5.97 Å². The van der Waals surface area contributed by atoms with Crippen LogP contribution in [0.5, 0.6) is 5.75 Å². The summed E-state index contributed by atoms with van der Waals surface area (Å²) in [6, 6.07) is 13.1. The Labute approximate surface area is 235 Å². The fourth-order valence-corrected chi connectivity index (χ4v) is 5.70. The largest absolute Gasteiger partial charge is 0.496 e. The number of carboxylic acids is 1. The van der Waals surface area contributed by atoms with E-state index < -0.39 is 11.8 Å². The van der Waals surface area contributed by atoms with Gasteiger partial charge in [-0.25, -0.2) is 9.78 Å². The summed E-state index contributed by atoms with van der Waals surface area (Å²) in [7, 11) is 1.65. The van der Waals surface area contributed by atoms with E-state index in [2.05, 4.69) is 39.3 Å². The number of hydrogen-bond acceptors (Lipinski definition) is 9. The molecule has 1 atom stereocenters. The first-order chi connectivity index (χ1) is 19.3. The third-order valence-electron chi connectivity index (χ3n) is 7.53.